The number of benzene rings is 1. The molecule has 3 heterocycles. The van der Waals surface area contributed by atoms with Crippen molar-refractivity contribution in [3.8, 4) is 0 Å². The van der Waals surface area contributed by atoms with Crippen molar-refractivity contribution in [1.82, 2.24) is 19.9 Å². The minimum Gasteiger partial charge on any atom is -0.378 e. The molecule has 1 aromatic heterocycles. The van der Waals surface area contributed by atoms with Crippen molar-refractivity contribution < 1.29 is 9.53 Å². The highest BCUT2D eigenvalue weighted by molar-refractivity contribution is 5.95. The normalized spacial score (nSPS) is 24.6. The van der Waals surface area contributed by atoms with Crippen molar-refractivity contribution in [3.63, 3.8) is 0 Å². The predicted molar refractivity (Wildman–Crippen MR) is 107 cm³/mol. The second-order valence-electron chi connectivity index (χ2n) is 9.17. The zero-order chi connectivity index (χ0) is 19.9. The molecule has 150 valence electrons. The average Bonchev–Trinajstić information content (AvgIpc) is 3.23. The molecular weight excluding hydrogens is 352 g/mol. The summed E-state index contributed by atoms with van der Waals surface area (Å²) >= 11 is 0. The zero-order valence-corrected chi connectivity index (χ0v) is 17.3. The molecule has 2 aromatic rings. The van der Waals surface area contributed by atoms with Gasteiger partial charge in [0.2, 0.25) is 0 Å². The first-order valence-corrected chi connectivity index (χ1v) is 10.2. The molecule has 1 amide bonds. The van der Waals surface area contributed by atoms with E-state index in [-0.39, 0.29) is 23.4 Å². The highest BCUT2D eigenvalue weighted by atomic mass is 16.5. The van der Waals surface area contributed by atoms with Crippen LogP contribution >= 0.6 is 0 Å². The molecular formula is C22H30N4O2. The second kappa shape index (κ2) is 7.32. The maximum atomic E-state index is 13.2. The van der Waals surface area contributed by atoms with Crippen LogP contribution in [0.25, 0.3) is 0 Å². The van der Waals surface area contributed by atoms with Crippen molar-refractivity contribution >= 4 is 5.91 Å². The maximum absolute atomic E-state index is 13.2. The van der Waals surface area contributed by atoms with Crippen LogP contribution in [0.1, 0.15) is 74.1 Å². The van der Waals surface area contributed by atoms with E-state index < -0.39 is 0 Å². The Kier molecular flexibility index (Phi) is 5.00. The van der Waals surface area contributed by atoms with Gasteiger partial charge in [-0.2, -0.15) is 0 Å². The lowest BCUT2D eigenvalue weighted by Gasteiger charge is -2.39. The highest BCUT2D eigenvalue weighted by Gasteiger charge is 2.44. The fourth-order valence-corrected chi connectivity index (χ4v) is 4.66. The first-order valence-electron chi connectivity index (χ1n) is 10.2. The molecule has 2 unspecified atom stereocenters. The van der Waals surface area contributed by atoms with E-state index in [2.05, 4.69) is 48.1 Å². The van der Waals surface area contributed by atoms with Crippen LogP contribution in [-0.2, 0) is 16.8 Å². The lowest BCUT2D eigenvalue weighted by atomic mass is 9.86. The number of nitrogens with zero attached hydrogens (tertiary/aromatic N) is 4. The van der Waals surface area contributed by atoms with E-state index in [0.29, 0.717) is 12.6 Å². The van der Waals surface area contributed by atoms with Gasteiger partial charge in [-0.15, -0.1) is 5.10 Å². The smallest absolute Gasteiger partial charge is 0.254 e. The lowest BCUT2D eigenvalue weighted by Crippen LogP contribution is -2.47. The van der Waals surface area contributed by atoms with Crippen LogP contribution in [0.3, 0.4) is 0 Å². The summed E-state index contributed by atoms with van der Waals surface area (Å²) in [7, 11) is 1.66. The van der Waals surface area contributed by atoms with Gasteiger partial charge in [-0.05, 0) is 48.8 Å². The summed E-state index contributed by atoms with van der Waals surface area (Å²) in [5, 5.41) is 8.49. The first-order chi connectivity index (χ1) is 13.4. The fourth-order valence-electron chi connectivity index (χ4n) is 4.66. The molecule has 2 bridgehead atoms. The number of piperidine rings is 1. The maximum Gasteiger partial charge on any atom is 0.254 e. The SMILES string of the molecule is COCc1cn(C2CC3CCC(C2)N3C(=O)c2ccc(C(C)(C)C)cc2)nn1. The van der Waals surface area contributed by atoms with Gasteiger partial charge in [-0.1, -0.05) is 38.1 Å². The summed E-state index contributed by atoms with van der Waals surface area (Å²) in [6.45, 7) is 7.06. The molecule has 0 aliphatic carbocycles. The molecule has 2 atom stereocenters. The van der Waals surface area contributed by atoms with Crippen LogP contribution in [-0.4, -0.2) is 45.0 Å². The number of ether oxygens (including phenoxy) is 1. The molecule has 6 heteroatoms. The van der Waals surface area contributed by atoms with Gasteiger partial charge in [0.25, 0.3) is 5.91 Å². The number of rotatable bonds is 4. The monoisotopic (exact) mass is 382 g/mol. The zero-order valence-electron chi connectivity index (χ0n) is 17.3. The minimum atomic E-state index is 0.0957. The van der Waals surface area contributed by atoms with Gasteiger partial charge in [-0.25, -0.2) is 4.68 Å². The summed E-state index contributed by atoms with van der Waals surface area (Å²) in [6, 6.07) is 9.04. The van der Waals surface area contributed by atoms with Gasteiger partial charge < -0.3 is 9.64 Å². The molecule has 28 heavy (non-hydrogen) atoms. The molecule has 6 nitrogen and oxygen atoms in total. The number of hydrogen-bond donors (Lipinski definition) is 0. The Morgan fingerprint density at radius 2 is 1.75 bits per heavy atom. The number of carbonyl (C=O) groups excluding carboxylic acids is 1. The van der Waals surface area contributed by atoms with Crippen molar-refractivity contribution in [2.45, 2.75) is 76.6 Å². The Bertz CT molecular complexity index is 823. The number of carbonyl (C=O) groups is 1. The van der Waals surface area contributed by atoms with Gasteiger partial charge in [0.1, 0.15) is 5.69 Å². The van der Waals surface area contributed by atoms with Crippen LogP contribution in [0.15, 0.2) is 30.5 Å². The third kappa shape index (κ3) is 3.58. The summed E-state index contributed by atoms with van der Waals surface area (Å²) in [5.74, 6) is 0.171. The number of fused-ring (bicyclic) bond motifs is 2. The third-order valence-corrected chi connectivity index (χ3v) is 6.16. The Morgan fingerprint density at radius 3 is 2.32 bits per heavy atom. The summed E-state index contributed by atoms with van der Waals surface area (Å²) < 4.78 is 7.11. The fraction of sp³-hybridized carbons (Fsp3) is 0.591. The molecule has 0 spiro atoms. The Balaban J connectivity index is 1.48. The molecule has 2 aliphatic heterocycles. The lowest BCUT2D eigenvalue weighted by molar-refractivity contribution is 0.0522. The highest BCUT2D eigenvalue weighted by Crippen LogP contribution is 2.41. The summed E-state index contributed by atoms with van der Waals surface area (Å²) in [4.78, 5) is 15.4. The molecule has 0 N–H and O–H groups in total. The van der Waals surface area contributed by atoms with Crippen LogP contribution in [0, 0.1) is 0 Å². The second-order valence-corrected chi connectivity index (χ2v) is 9.17. The first kappa shape index (κ1) is 19.1. The molecule has 2 aliphatic rings. The van der Waals surface area contributed by atoms with E-state index in [9.17, 15) is 4.79 Å². The summed E-state index contributed by atoms with van der Waals surface area (Å²) in [6.07, 6.45) is 6.02. The molecule has 1 aromatic carbocycles. The largest absolute Gasteiger partial charge is 0.378 e. The third-order valence-electron chi connectivity index (χ3n) is 6.16. The van der Waals surface area contributed by atoms with Crippen LogP contribution in [0.5, 0.6) is 0 Å². The number of amides is 1. The van der Waals surface area contributed by atoms with E-state index in [1.807, 2.05) is 23.0 Å². The molecule has 2 saturated heterocycles. The van der Waals surface area contributed by atoms with E-state index >= 15 is 0 Å². The van der Waals surface area contributed by atoms with Crippen LogP contribution in [0.4, 0.5) is 0 Å². The molecule has 0 saturated carbocycles. The molecule has 0 radical (unpaired) electrons. The van der Waals surface area contributed by atoms with Gasteiger partial charge in [0, 0.05) is 24.8 Å². The Labute approximate surface area is 166 Å². The van der Waals surface area contributed by atoms with E-state index in [0.717, 1.165) is 36.9 Å². The van der Waals surface area contributed by atoms with Gasteiger partial charge in [-0.3, -0.25) is 4.79 Å². The van der Waals surface area contributed by atoms with Crippen LogP contribution in [0.2, 0.25) is 0 Å². The van der Waals surface area contributed by atoms with Crippen molar-refractivity contribution in [2.24, 2.45) is 0 Å². The van der Waals surface area contributed by atoms with E-state index in [1.54, 1.807) is 7.11 Å². The predicted octanol–water partition coefficient (Wildman–Crippen LogP) is 3.73. The molecule has 4 rings (SSSR count). The van der Waals surface area contributed by atoms with Crippen LogP contribution < -0.4 is 0 Å². The quantitative estimate of drug-likeness (QED) is 0.808. The Morgan fingerprint density at radius 1 is 1.11 bits per heavy atom. The number of hydrogen-bond acceptors (Lipinski definition) is 4. The van der Waals surface area contributed by atoms with Crippen molar-refractivity contribution in [1.29, 1.82) is 0 Å². The van der Waals surface area contributed by atoms with E-state index in [4.69, 9.17) is 4.74 Å². The number of methoxy groups -OCH3 is 1. The van der Waals surface area contributed by atoms with Gasteiger partial charge >= 0.3 is 0 Å². The molecule has 2 fully saturated rings. The summed E-state index contributed by atoms with van der Waals surface area (Å²) in [5.41, 5.74) is 3.00. The minimum absolute atomic E-state index is 0.0957. The number of aromatic nitrogens is 3. The van der Waals surface area contributed by atoms with Crippen molar-refractivity contribution in [2.75, 3.05) is 7.11 Å². The standard InChI is InChI=1S/C22H30N4O2/c1-22(2,3)16-7-5-15(6-8-16)21(27)26-18-9-10-19(26)12-20(11-18)25-13-17(14-28-4)23-24-25/h5-8,13,18-20H,9-12,14H2,1-4H3. The average molecular weight is 383 g/mol. The van der Waals surface area contributed by atoms with Gasteiger partial charge in [0.05, 0.1) is 18.8 Å². The van der Waals surface area contributed by atoms with Crippen molar-refractivity contribution in [3.05, 3.63) is 47.3 Å². The van der Waals surface area contributed by atoms with E-state index in [1.165, 1.54) is 5.56 Å². The van der Waals surface area contributed by atoms with Gasteiger partial charge in [0.15, 0.2) is 0 Å². The topological polar surface area (TPSA) is 60.2 Å². The Hall–Kier alpha value is -2.21.